The highest BCUT2D eigenvalue weighted by atomic mass is 16.5. The number of aliphatic hydroxyl groups excluding tert-OH is 1. The summed E-state index contributed by atoms with van der Waals surface area (Å²) in [4.78, 5) is 0. The van der Waals surface area contributed by atoms with Crippen molar-refractivity contribution in [2.24, 2.45) is 0 Å². The predicted molar refractivity (Wildman–Crippen MR) is 85.7 cm³/mol. The minimum Gasteiger partial charge on any atom is -0.497 e. The molecule has 106 valence electrons. The van der Waals surface area contributed by atoms with Crippen LogP contribution in [0.3, 0.4) is 0 Å². The highest BCUT2D eigenvalue weighted by Gasteiger charge is 2.10. The third kappa shape index (κ3) is 2.76. The van der Waals surface area contributed by atoms with E-state index >= 15 is 0 Å². The molecule has 0 aliphatic carbocycles. The first-order valence-electron chi connectivity index (χ1n) is 7.00. The topological polar surface area (TPSA) is 29.5 Å². The van der Waals surface area contributed by atoms with Crippen LogP contribution in [0.2, 0.25) is 0 Å². The van der Waals surface area contributed by atoms with E-state index < -0.39 is 6.10 Å². The van der Waals surface area contributed by atoms with Crippen LogP contribution in [0.15, 0.2) is 60.7 Å². The molecule has 0 saturated heterocycles. The van der Waals surface area contributed by atoms with Crippen molar-refractivity contribution < 1.29 is 9.84 Å². The normalized spacial score (nSPS) is 12.3. The summed E-state index contributed by atoms with van der Waals surface area (Å²) in [5.41, 5.74) is 3.00. The second kappa shape index (κ2) is 5.58. The molecule has 0 aliphatic heterocycles. The Morgan fingerprint density at radius 2 is 1.43 bits per heavy atom. The quantitative estimate of drug-likeness (QED) is 0.776. The van der Waals surface area contributed by atoms with E-state index in [1.807, 2.05) is 67.6 Å². The Labute approximate surface area is 124 Å². The van der Waals surface area contributed by atoms with Crippen molar-refractivity contribution in [3.05, 3.63) is 77.4 Å². The summed E-state index contributed by atoms with van der Waals surface area (Å²) in [6.07, 6.45) is -0.600. The molecule has 0 spiro atoms. The van der Waals surface area contributed by atoms with E-state index in [4.69, 9.17) is 4.74 Å². The zero-order valence-electron chi connectivity index (χ0n) is 12.2. The molecule has 21 heavy (non-hydrogen) atoms. The molecule has 3 rings (SSSR count). The number of benzene rings is 3. The monoisotopic (exact) mass is 278 g/mol. The summed E-state index contributed by atoms with van der Waals surface area (Å²) < 4.78 is 5.23. The Morgan fingerprint density at radius 3 is 2.14 bits per heavy atom. The summed E-state index contributed by atoms with van der Waals surface area (Å²) in [7, 11) is 1.66. The van der Waals surface area contributed by atoms with Gasteiger partial charge in [-0.15, -0.1) is 0 Å². The molecule has 0 aliphatic rings. The van der Waals surface area contributed by atoms with Crippen LogP contribution in [-0.2, 0) is 0 Å². The van der Waals surface area contributed by atoms with Crippen LogP contribution in [0.25, 0.3) is 10.8 Å². The first kappa shape index (κ1) is 13.7. The fourth-order valence-electron chi connectivity index (χ4n) is 2.48. The molecule has 1 N–H and O–H groups in total. The first-order chi connectivity index (χ1) is 10.2. The van der Waals surface area contributed by atoms with E-state index in [-0.39, 0.29) is 0 Å². The van der Waals surface area contributed by atoms with Crippen molar-refractivity contribution in [1.82, 2.24) is 0 Å². The Morgan fingerprint density at radius 1 is 0.810 bits per heavy atom. The number of fused-ring (bicyclic) bond motifs is 1. The smallest absolute Gasteiger partial charge is 0.119 e. The maximum absolute atomic E-state index is 10.5. The van der Waals surface area contributed by atoms with Gasteiger partial charge in [-0.1, -0.05) is 48.0 Å². The molecule has 0 aromatic heterocycles. The molecule has 3 aromatic rings. The van der Waals surface area contributed by atoms with Gasteiger partial charge in [-0.2, -0.15) is 0 Å². The van der Waals surface area contributed by atoms with E-state index in [1.54, 1.807) is 7.11 Å². The fourth-order valence-corrected chi connectivity index (χ4v) is 2.48. The van der Waals surface area contributed by atoms with Crippen molar-refractivity contribution in [2.75, 3.05) is 7.11 Å². The van der Waals surface area contributed by atoms with Gasteiger partial charge in [0.25, 0.3) is 0 Å². The van der Waals surface area contributed by atoms with E-state index in [9.17, 15) is 5.11 Å². The van der Waals surface area contributed by atoms with Crippen LogP contribution >= 0.6 is 0 Å². The van der Waals surface area contributed by atoms with Crippen LogP contribution in [0.1, 0.15) is 22.8 Å². The van der Waals surface area contributed by atoms with Crippen LogP contribution in [0.5, 0.6) is 5.75 Å². The molecule has 3 aromatic carbocycles. The van der Waals surface area contributed by atoms with E-state index in [0.717, 1.165) is 27.6 Å². The van der Waals surface area contributed by atoms with Gasteiger partial charge in [0, 0.05) is 0 Å². The molecule has 0 amide bonds. The molecule has 1 atom stereocenters. The van der Waals surface area contributed by atoms with Crippen LogP contribution in [0, 0.1) is 6.92 Å². The Balaban J connectivity index is 1.98. The standard InChI is InChI=1S/C19H18O2/c1-13-3-5-14(6-4-13)19(20)17-8-7-16-12-18(21-2)10-9-15(16)11-17/h3-12,19-20H,1-2H3. The summed E-state index contributed by atoms with van der Waals surface area (Å²) in [5.74, 6) is 0.842. The minimum absolute atomic E-state index is 0.600. The molecule has 0 saturated carbocycles. The largest absolute Gasteiger partial charge is 0.497 e. The van der Waals surface area contributed by atoms with Crippen molar-refractivity contribution in [3.8, 4) is 5.75 Å². The van der Waals surface area contributed by atoms with Gasteiger partial charge in [-0.25, -0.2) is 0 Å². The highest BCUT2D eigenvalue weighted by molar-refractivity contribution is 5.84. The molecule has 0 fully saturated rings. The Kier molecular flexibility index (Phi) is 3.63. The van der Waals surface area contributed by atoms with Crippen molar-refractivity contribution in [3.63, 3.8) is 0 Å². The third-order valence-corrected chi connectivity index (χ3v) is 3.78. The lowest BCUT2D eigenvalue weighted by Crippen LogP contribution is -1.99. The van der Waals surface area contributed by atoms with Crippen molar-refractivity contribution in [1.29, 1.82) is 0 Å². The lowest BCUT2D eigenvalue weighted by molar-refractivity contribution is 0.220. The number of ether oxygens (including phenoxy) is 1. The van der Waals surface area contributed by atoms with Crippen LogP contribution in [-0.4, -0.2) is 12.2 Å². The third-order valence-electron chi connectivity index (χ3n) is 3.78. The maximum atomic E-state index is 10.5. The number of aliphatic hydroxyl groups is 1. The van der Waals surface area contributed by atoms with E-state index in [0.29, 0.717) is 0 Å². The minimum atomic E-state index is -0.600. The van der Waals surface area contributed by atoms with Gasteiger partial charge >= 0.3 is 0 Å². The molecule has 0 bridgehead atoms. The van der Waals surface area contributed by atoms with Gasteiger partial charge in [0.2, 0.25) is 0 Å². The predicted octanol–water partition coefficient (Wildman–Crippen LogP) is 4.24. The second-order valence-corrected chi connectivity index (χ2v) is 5.29. The van der Waals surface area contributed by atoms with Gasteiger partial charge in [-0.05, 0) is 47.0 Å². The van der Waals surface area contributed by atoms with Gasteiger partial charge in [0.05, 0.1) is 7.11 Å². The molecule has 0 radical (unpaired) electrons. The Bertz CT molecular complexity index is 760. The summed E-state index contributed by atoms with van der Waals surface area (Å²) in [6.45, 7) is 2.04. The number of aryl methyl sites for hydroxylation is 1. The number of hydrogen-bond donors (Lipinski definition) is 1. The van der Waals surface area contributed by atoms with Crippen LogP contribution in [0.4, 0.5) is 0 Å². The molecule has 1 unspecified atom stereocenters. The van der Waals surface area contributed by atoms with Gasteiger partial charge in [0.15, 0.2) is 0 Å². The molecule has 2 heteroatoms. The van der Waals surface area contributed by atoms with Crippen molar-refractivity contribution in [2.45, 2.75) is 13.0 Å². The number of rotatable bonds is 3. The average molecular weight is 278 g/mol. The molecular weight excluding hydrogens is 260 g/mol. The average Bonchev–Trinajstić information content (AvgIpc) is 2.54. The second-order valence-electron chi connectivity index (χ2n) is 5.29. The van der Waals surface area contributed by atoms with E-state index in [2.05, 4.69) is 0 Å². The highest BCUT2D eigenvalue weighted by Crippen LogP contribution is 2.27. The van der Waals surface area contributed by atoms with Crippen LogP contribution < -0.4 is 4.74 Å². The first-order valence-corrected chi connectivity index (χ1v) is 7.00. The van der Waals surface area contributed by atoms with Gasteiger partial charge < -0.3 is 9.84 Å². The van der Waals surface area contributed by atoms with Crippen molar-refractivity contribution >= 4 is 10.8 Å². The number of methoxy groups -OCH3 is 1. The lowest BCUT2D eigenvalue weighted by Gasteiger charge is -2.13. The summed E-state index contributed by atoms with van der Waals surface area (Å²) in [5, 5.41) is 12.7. The summed E-state index contributed by atoms with van der Waals surface area (Å²) >= 11 is 0. The molecular formula is C19H18O2. The SMILES string of the molecule is COc1ccc2cc(C(O)c3ccc(C)cc3)ccc2c1. The lowest BCUT2D eigenvalue weighted by atomic mass is 9.98. The zero-order valence-corrected chi connectivity index (χ0v) is 12.2. The van der Waals surface area contributed by atoms with E-state index in [1.165, 1.54) is 5.56 Å². The number of hydrogen-bond acceptors (Lipinski definition) is 2. The zero-order chi connectivity index (χ0) is 14.8. The van der Waals surface area contributed by atoms with Gasteiger partial charge in [0.1, 0.15) is 11.9 Å². The molecule has 2 nitrogen and oxygen atoms in total. The maximum Gasteiger partial charge on any atom is 0.119 e. The molecule has 0 heterocycles. The fraction of sp³-hybridized carbons (Fsp3) is 0.158. The Hall–Kier alpha value is -2.32. The van der Waals surface area contributed by atoms with Gasteiger partial charge in [-0.3, -0.25) is 0 Å². The summed E-state index contributed by atoms with van der Waals surface area (Å²) in [6, 6.07) is 19.9.